The predicted octanol–water partition coefficient (Wildman–Crippen LogP) is 4.89. The number of allylic oxidation sites excluding steroid dienone is 1. The molecule has 0 saturated heterocycles. The van der Waals surface area contributed by atoms with E-state index in [-0.39, 0.29) is 5.41 Å². The first kappa shape index (κ1) is 14.0. The van der Waals surface area contributed by atoms with Crippen LogP contribution in [0.25, 0.3) is 0 Å². The van der Waals surface area contributed by atoms with Crippen LogP contribution >= 0.6 is 12.2 Å². The van der Waals surface area contributed by atoms with Crippen LogP contribution in [0.4, 0.5) is 0 Å². The average molecular weight is 263 g/mol. The third-order valence-corrected chi connectivity index (χ3v) is 5.43. The molecule has 1 fully saturated rings. The van der Waals surface area contributed by atoms with Gasteiger partial charge in [0.25, 0.3) is 0 Å². The van der Waals surface area contributed by atoms with E-state index in [0.29, 0.717) is 17.9 Å². The molecule has 0 aromatic heterocycles. The van der Waals surface area contributed by atoms with Gasteiger partial charge in [0.15, 0.2) is 0 Å². The van der Waals surface area contributed by atoms with E-state index in [4.69, 9.17) is 12.2 Å². The average Bonchev–Trinajstić information content (AvgIpc) is 2.69. The number of thiocarbonyl (C=S) groups is 1. The van der Waals surface area contributed by atoms with E-state index in [1.807, 2.05) is 0 Å². The van der Waals surface area contributed by atoms with Crippen LogP contribution in [0.2, 0.25) is 0 Å². The Bertz CT molecular complexity index is 392. The van der Waals surface area contributed by atoms with Crippen LogP contribution in [-0.2, 0) is 0 Å². The maximum absolute atomic E-state index is 4.92. The van der Waals surface area contributed by atoms with Gasteiger partial charge in [0.05, 0.1) is 11.2 Å². The van der Waals surface area contributed by atoms with Crippen molar-refractivity contribution in [3.8, 4) is 0 Å². The zero-order valence-electron chi connectivity index (χ0n) is 12.1. The van der Waals surface area contributed by atoms with E-state index in [1.165, 1.54) is 31.3 Å². The summed E-state index contributed by atoms with van der Waals surface area (Å²) >= 11 is 4.92. The zero-order chi connectivity index (χ0) is 13.3. The van der Waals surface area contributed by atoms with E-state index in [9.17, 15) is 0 Å². The van der Waals surface area contributed by atoms with E-state index < -0.39 is 0 Å². The van der Waals surface area contributed by atoms with Crippen LogP contribution in [-0.4, -0.2) is 11.2 Å². The second-order valence-corrected chi connectivity index (χ2v) is 6.84. The summed E-state index contributed by atoms with van der Waals surface area (Å²) in [6.45, 7) is 9.31. The van der Waals surface area contributed by atoms with Crippen LogP contribution in [0.5, 0.6) is 0 Å². The minimum Gasteiger partial charge on any atom is -0.228 e. The fourth-order valence-corrected chi connectivity index (χ4v) is 4.28. The van der Waals surface area contributed by atoms with E-state index in [1.54, 1.807) is 0 Å². The second-order valence-electron chi connectivity index (χ2n) is 6.65. The highest BCUT2D eigenvalue weighted by atomic mass is 32.1. The van der Waals surface area contributed by atoms with Crippen molar-refractivity contribution in [2.45, 2.75) is 59.4 Å². The molecular weight excluding hydrogens is 238 g/mol. The molecule has 2 rings (SSSR count). The fraction of sp³-hybridized carbons (Fsp3) is 0.812. The Balaban J connectivity index is 2.42. The first-order valence-electron chi connectivity index (χ1n) is 7.26. The van der Waals surface area contributed by atoms with Crippen molar-refractivity contribution in [3.05, 3.63) is 11.6 Å². The number of aliphatic imine (C=N–C) groups is 1. The molecule has 2 aliphatic carbocycles. The molecule has 2 heteroatoms. The Hall–Kier alpha value is -0.460. The van der Waals surface area contributed by atoms with Crippen molar-refractivity contribution < 1.29 is 0 Å². The van der Waals surface area contributed by atoms with Gasteiger partial charge < -0.3 is 0 Å². The molecule has 0 radical (unpaired) electrons. The molecule has 0 aromatic carbocycles. The largest absolute Gasteiger partial charge is 0.228 e. The Morgan fingerprint density at radius 1 is 1.44 bits per heavy atom. The third-order valence-electron chi connectivity index (χ3n) is 5.32. The lowest BCUT2D eigenvalue weighted by Gasteiger charge is -2.48. The maximum Gasteiger partial charge on any atom is 0.0726 e. The minimum absolute atomic E-state index is 0.267. The lowest BCUT2D eigenvalue weighted by atomic mass is 9.58. The highest BCUT2D eigenvalue weighted by Crippen LogP contribution is 2.54. The molecule has 1 spiro atoms. The number of nitrogens with zero attached hydrogens (tertiary/aromatic N) is 1. The topological polar surface area (TPSA) is 12.4 Å². The SMILES string of the molecule is CC1=C[C@]2(CC1)[C@H](N=C=S)[C@@H](C(C)C)CC[C@@H]2C. The van der Waals surface area contributed by atoms with Gasteiger partial charge >= 0.3 is 0 Å². The number of hydrogen-bond donors (Lipinski definition) is 0. The lowest BCUT2D eigenvalue weighted by molar-refractivity contribution is 0.0647. The molecule has 0 bridgehead atoms. The van der Waals surface area contributed by atoms with E-state index in [2.05, 4.69) is 43.9 Å². The van der Waals surface area contributed by atoms with Gasteiger partial charge in [-0.25, -0.2) is 4.99 Å². The molecular formula is C16H25NS. The first-order chi connectivity index (χ1) is 8.51. The van der Waals surface area contributed by atoms with Crippen molar-refractivity contribution >= 4 is 17.4 Å². The molecule has 1 saturated carbocycles. The predicted molar refractivity (Wildman–Crippen MR) is 81.0 cm³/mol. The smallest absolute Gasteiger partial charge is 0.0726 e. The molecule has 0 amide bonds. The first-order valence-corrected chi connectivity index (χ1v) is 7.67. The Morgan fingerprint density at radius 2 is 2.17 bits per heavy atom. The van der Waals surface area contributed by atoms with Crippen LogP contribution in [0.3, 0.4) is 0 Å². The van der Waals surface area contributed by atoms with E-state index in [0.717, 1.165) is 5.92 Å². The van der Waals surface area contributed by atoms with Crippen molar-refractivity contribution in [3.63, 3.8) is 0 Å². The highest BCUT2D eigenvalue weighted by Gasteiger charge is 2.50. The zero-order valence-corrected chi connectivity index (χ0v) is 12.9. The third kappa shape index (κ3) is 2.21. The van der Waals surface area contributed by atoms with Crippen molar-refractivity contribution in [1.82, 2.24) is 0 Å². The summed E-state index contributed by atoms with van der Waals surface area (Å²) < 4.78 is 0. The fourth-order valence-electron chi connectivity index (χ4n) is 4.17. The highest BCUT2D eigenvalue weighted by molar-refractivity contribution is 7.78. The summed E-state index contributed by atoms with van der Waals surface area (Å²) in [6.07, 6.45) is 7.63. The monoisotopic (exact) mass is 263 g/mol. The van der Waals surface area contributed by atoms with Crippen LogP contribution in [0, 0.1) is 23.2 Å². The molecule has 1 nitrogen and oxygen atoms in total. The standard InChI is InChI=1S/C16H25NS/c1-11(2)14-6-5-13(4)16(15(14)17-10-18)8-7-12(3)9-16/h9,11,13-15H,5-8H2,1-4H3/t13-,14+,15+,16-/m0/s1. The summed E-state index contributed by atoms with van der Waals surface area (Å²) in [7, 11) is 0. The number of rotatable bonds is 2. The summed E-state index contributed by atoms with van der Waals surface area (Å²) in [5.41, 5.74) is 1.80. The van der Waals surface area contributed by atoms with Crippen molar-refractivity contribution in [2.75, 3.05) is 0 Å². The number of hydrogen-bond acceptors (Lipinski definition) is 2. The van der Waals surface area contributed by atoms with Crippen LogP contribution < -0.4 is 0 Å². The Morgan fingerprint density at radius 3 is 2.67 bits per heavy atom. The molecule has 18 heavy (non-hydrogen) atoms. The van der Waals surface area contributed by atoms with Gasteiger partial charge in [-0.1, -0.05) is 32.4 Å². The summed E-state index contributed by atoms with van der Waals surface area (Å²) in [6, 6.07) is 0.358. The Kier molecular flexibility index (Phi) is 4.08. The minimum atomic E-state index is 0.267. The molecule has 2 aliphatic rings. The normalized spacial score (nSPS) is 39.8. The van der Waals surface area contributed by atoms with Gasteiger partial charge in [-0.15, -0.1) is 0 Å². The molecule has 100 valence electrons. The van der Waals surface area contributed by atoms with Crippen molar-refractivity contribution in [1.29, 1.82) is 0 Å². The van der Waals surface area contributed by atoms with Gasteiger partial charge in [0.1, 0.15) is 0 Å². The molecule has 0 unspecified atom stereocenters. The van der Waals surface area contributed by atoms with Gasteiger partial charge in [-0.2, -0.15) is 0 Å². The lowest BCUT2D eigenvalue weighted by Crippen LogP contribution is -2.47. The number of isothiocyanates is 1. The molecule has 0 N–H and O–H groups in total. The van der Waals surface area contributed by atoms with Gasteiger partial charge in [-0.05, 0) is 62.6 Å². The van der Waals surface area contributed by atoms with E-state index >= 15 is 0 Å². The molecule has 0 aliphatic heterocycles. The quantitative estimate of drug-likeness (QED) is 0.393. The van der Waals surface area contributed by atoms with Gasteiger partial charge in [-0.3, -0.25) is 0 Å². The molecule has 0 heterocycles. The van der Waals surface area contributed by atoms with Gasteiger partial charge in [0.2, 0.25) is 0 Å². The summed E-state index contributed by atoms with van der Waals surface area (Å²) in [5.74, 6) is 2.07. The Labute approximate surface area is 117 Å². The van der Waals surface area contributed by atoms with Crippen molar-refractivity contribution in [2.24, 2.45) is 28.2 Å². The second kappa shape index (κ2) is 5.27. The summed E-state index contributed by atoms with van der Waals surface area (Å²) in [5, 5.41) is 2.69. The molecule has 0 aromatic rings. The van der Waals surface area contributed by atoms with Crippen LogP contribution in [0.15, 0.2) is 16.6 Å². The summed E-state index contributed by atoms with van der Waals surface area (Å²) in [4.78, 5) is 4.63. The maximum atomic E-state index is 4.92. The van der Waals surface area contributed by atoms with Crippen LogP contribution in [0.1, 0.15) is 53.4 Å². The van der Waals surface area contributed by atoms with Gasteiger partial charge in [0, 0.05) is 5.41 Å². The molecule has 4 atom stereocenters.